The van der Waals surface area contributed by atoms with Crippen molar-refractivity contribution in [2.45, 2.75) is 36.6 Å². The first-order valence-corrected chi connectivity index (χ1v) is 9.07. The Labute approximate surface area is 149 Å². The Morgan fingerprint density at radius 2 is 2.12 bits per heavy atom. The van der Waals surface area contributed by atoms with Crippen molar-refractivity contribution < 1.29 is 4.79 Å². The maximum absolute atomic E-state index is 12.7. The number of nitriles is 1. The second-order valence-electron chi connectivity index (χ2n) is 5.84. The number of amides is 1. The fourth-order valence-corrected chi connectivity index (χ4v) is 3.84. The Kier molecular flexibility index (Phi) is 5.19. The van der Waals surface area contributed by atoms with Crippen LogP contribution in [-0.4, -0.2) is 27.7 Å². The van der Waals surface area contributed by atoms with E-state index in [0.29, 0.717) is 23.7 Å². The van der Waals surface area contributed by atoms with E-state index in [1.54, 1.807) is 29.2 Å². The molecule has 1 N–H and O–H groups in total. The first kappa shape index (κ1) is 17.2. The molecule has 128 valence electrons. The molecule has 1 aromatic heterocycles. The van der Waals surface area contributed by atoms with Crippen LogP contribution in [0.15, 0.2) is 40.3 Å². The molecule has 1 atom stereocenters. The summed E-state index contributed by atoms with van der Waals surface area (Å²) in [6.07, 6.45) is 2.34. The first-order chi connectivity index (χ1) is 12.1. The number of nitrogens with one attached hydrogen (secondary N) is 1. The molecule has 1 amide bonds. The SMILES string of the molecule is CCCc1cc(=O)[nH]c(S[C@@H]2CCN(c3ccc(C#N)cc3)C2=O)n1. The third kappa shape index (κ3) is 3.91. The minimum absolute atomic E-state index is 0.00162. The highest BCUT2D eigenvalue weighted by molar-refractivity contribution is 8.00. The van der Waals surface area contributed by atoms with Gasteiger partial charge in [0, 0.05) is 24.0 Å². The number of aromatic nitrogens is 2. The Hall–Kier alpha value is -2.59. The van der Waals surface area contributed by atoms with Gasteiger partial charge in [-0.05, 0) is 37.1 Å². The highest BCUT2D eigenvalue weighted by Crippen LogP contribution is 2.31. The van der Waals surface area contributed by atoms with E-state index in [-0.39, 0.29) is 16.7 Å². The number of anilines is 1. The number of carbonyl (C=O) groups excluding carboxylic acids is 1. The lowest BCUT2D eigenvalue weighted by Crippen LogP contribution is -2.28. The van der Waals surface area contributed by atoms with Crippen LogP contribution in [0.4, 0.5) is 5.69 Å². The quantitative estimate of drug-likeness (QED) is 0.833. The lowest BCUT2D eigenvalue weighted by atomic mass is 10.2. The van der Waals surface area contributed by atoms with Crippen molar-refractivity contribution in [2.24, 2.45) is 0 Å². The molecule has 1 aliphatic heterocycles. The van der Waals surface area contributed by atoms with Crippen molar-refractivity contribution in [2.75, 3.05) is 11.4 Å². The Bertz CT molecular complexity index is 870. The standard InChI is InChI=1S/C18H18N4O2S/c1-2-3-13-10-16(23)21-18(20-13)25-15-8-9-22(17(15)24)14-6-4-12(11-19)5-7-14/h4-7,10,15H,2-3,8-9H2,1H3,(H,20,21,23)/t15-/m1/s1. The summed E-state index contributed by atoms with van der Waals surface area (Å²) in [4.78, 5) is 33.3. The predicted molar refractivity (Wildman–Crippen MR) is 96.6 cm³/mol. The lowest BCUT2D eigenvalue weighted by molar-refractivity contribution is -0.116. The van der Waals surface area contributed by atoms with E-state index in [9.17, 15) is 9.59 Å². The Morgan fingerprint density at radius 1 is 1.36 bits per heavy atom. The number of thioether (sulfide) groups is 1. The molecule has 0 unspecified atom stereocenters. The van der Waals surface area contributed by atoms with E-state index in [1.807, 2.05) is 6.92 Å². The molecule has 1 fully saturated rings. The van der Waals surface area contributed by atoms with Crippen molar-refractivity contribution in [3.05, 3.63) is 51.9 Å². The molecule has 1 aromatic carbocycles. The van der Waals surface area contributed by atoms with Crippen LogP contribution in [0.3, 0.4) is 0 Å². The summed E-state index contributed by atoms with van der Waals surface area (Å²) in [6, 6.07) is 10.6. The maximum atomic E-state index is 12.7. The molecule has 2 heterocycles. The highest BCUT2D eigenvalue weighted by atomic mass is 32.2. The number of H-pyrrole nitrogens is 1. The molecule has 0 bridgehead atoms. The highest BCUT2D eigenvalue weighted by Gasteiger charge is 2.33. The van der Waals surface area contributed by atoms with Gasteiger partial charge in [0.1, 0.15) is 0 Å². The minimum Gasteiger partial charge on any atom is -0.311 e. The molecule has 3 rings (SSSR count). The largest absolute Gasteiger partial charge is 0.311 e. The number of hydrogen-bond donors (Lipinski definition) is 1. The molecule has 0 spiro atoms. The van der Waals surface area contributed by atoms with E-state index in [1.165, 1.54) is 17.8 Å². The molecule has 6 nitrogen and oxygen atoms in total. The van der Waals surface area contributed by atoms with E-state index < -0.39 is 0 Å². The van der Waals surface area contributed by atoms with Crippen LogP contribution < -0.4 is 10.5 Å². The van der Waals surface area contributed by atoms with Crippen LogP contribution in [0.5, 0.6) is 0 Å². The number of benzene rings is 1. The van der Waals surface area contributed by atoms with E-state index in [0.717, 1.165) is 24.2 Å². The number of aromatic amines is 1. The number of aryl methyl sites for hydroxylation is 1. The number of carbonyl (C=O) groups is 1. The molecule has 0 saturated carbocycles. The van der Waals surface area contributed by atoms with Crippen molar-refractivity contribution in [1.29, 1.82) is 5.26 Å². The zero-order valence-corrected chi connectivity index (χ0v) is 14.7. The first-order valence-electron chi connectivity index (χ1n) is 8.19. The fraction of sp³-hybridized carbons (Fsp3) is 0.333. The average Bonchev–Trinajstić information content (AvgIpc) is 2.95. The van der Waals surface area contributed by atoms with Crippen molar-refractivity contribution in [3.8, 4) is 6.07 Å². The third-order valence-electron chi connectivity index (χ3n) is 4.00. The van der Waals surface area contributed by atoms with Crippen molar-refractivity contribution in [3.63, 3.8) is 0 Å². The second kappa shape index (κ2) is 7.53. The Morgan fingerprint density at radius 3 is 2.80 bits per heavy atom. The monoisotopic (exact) mass is 354 g/mol. The predicted octanol–water partition coefficient (Wildman–Crippen LogP) is 2.49. The molecule has 2 aromatic rings. The fourth-order valence-electron chi connectivity index (χ4n) is 2.79. The van der Waals surface area contributed by atoms with Gasteiger partial charge in [-0.25, -0.2) is 4.98 Å². The van der Waals surface area contributed by atoms with Crippen molar-refractivity contribution >= 4 is 23.4 Å². The summed E-state index contributed by atoms with van der Waals surface area (Å²) in [5.41, 5.74) is 1.92. The van der Waals surface area contributed by atoms with Gasteiger partial charge in [-0.1, -0.05) is 25.1 Å². The molecule has 1 aliphatic rings. The minimum atomic E-state index is -0.268. The second-order valence-corrected chi connectivity index (χ2v) is 7.03. The molecule has 7 heteroatoms. The number of hydrogen-bond acceptors (Lipinski definition) is 5. The van der Waals surface area contributed by atoms with Crippen LogP contribution in [0.25, 0.3) is 0 Å². The summed E-state index contributed by atoms with van der Waals surface area (Å²) >= 11 is 1.31. The smallest absolute Gasteiger partial charge is 0.251 e. The van der Waals surface area contributed by atoms with Crippen LogP contribution in [0, 0.1) is 11.3 Å². The number of rotatable bonds is 5. The molecule has 25 heavy (non-hydrogen) atoms. The summed E-state index contributed by atoms with van der Waals surface area (Å²) in [5, 5.41) is 9.09. The Balaban J connectivity index is 1.74. The van der Waals surface area contributed by atoms with Gasteiger partial charge in [0.25, 0.3) is 5.56 Å². The van der Waals surface area contributed by atoms with Gasteiger partial charge in [0.2, 0.25) is 5.91 Å². The van der Waals surface area contributed by atoms with Crippen LogP contribution in [0.1, 0.15) is 31.0 Å². The zero-order valence-electron chi connectivity index (χ0n) is 13.9. The van der Waals surface area contributed by atoms with Gasteiger partial charge in [0.15, 0.2) is 5.16 Å². The van der Waals surface area contributed by atoms with E-state index in [4.69, 9.17) is 5.26 Å². The average molecular weight is 354 g/mol. The molecular weight excluding hydrogens is 336 g/mol. The van der Waals surface area contributed by atoms with Gasteiger partial charge in [0.05, 0.1) is 16.9 Å². The maximum Gasteiger partial charge on any atom is 0.251 e. The van der Waals surface area contributed by atoms with Crippen LogP contribution >= 0.6 is 11.8 Å². The van der Waals surface area contributed by atoms with Gasteiger partial charge >= 0.3 is 0 Å². The summed E-state index contributed by atoms with van der Waals surface area (Å²) < 4.78 is 0. The number of nitrogens with zero attached hydrogens (tertiary/aromatic N) is 3. The third-order valence-corrected chi connectivity index (χ3v) is 5.14. The normalized spacial score (nSPS) is 16.9. The summed E-state index contributed by atoms with van der Waals surface area (Å²) in [5.74, 6) is -0.00162. The lowest BCUT2D eigenvalue weighted by Gasteiger charge is -2.16. The summed E-state index contributed by atoms with van der Waals surface area (Å²) in [6.45, 7) is 2.65. The molecule has 0 aliphatic carbocycles. The van der Waals surface area contributed by atoms with Crippen molar-refractivity contribution in [1.82, 2.24) is 9.97 Å². The van der Waals surface area contributed by atoms with Gasteiger partial charge in [-0.15, -0.1) is 0 Å². The van der Waals surface area contributed by atoms with E-state index in [2.05, 4.69) is 16.0 Å². The van der Waals surface area contributed by atoms with Gasteiger partial charge in [-0.3, -0.25) is 9.59 Å². The molecular formula is C18H18N4O2S. The van der Waals surface area contributed by atoms with Gasteiger partial charge < -0.3 is 9.88 Å². The topological polar surface area (TPSA) is 89.9 Å². The summed E-state index contributed by atoms with van der Waals surface area (Å²) in [7, 11) is 0. The molecule has 0 radical (unpaired) electrons. The van der Waals surface area contributed by atoms with Gasteiger partial charge in [-0.2, -0.15) is 5.26 Å². The van der Waals surface area contributed by atoms with Crippen LogP contribution in [-0.2, 0) is 11.2 Å². The van der Waals surface area contributed by atoms with Crippen LogP contribution in [0.2, 0.25) is 0 Å². The molecule has 1 saturated heterocycles. The van der Waals surface area contributed by atoms with E-state index >= 15 is 0 Å². The zero-order chi connectivity index (χ0) is 17.8.